The van der Waals surface area contributed by atoms with Crippen LogP contribution in [0, 0.1) is 0 Å². The molecule has 94 valence electrons. The van der Waals surface area contributed by atoms with E-state index in [1.165, 1.54) is 0 Å². The number of aromatic amines is 1. The van der Waals surface area contributed by atoms with Gasteiger partial charge >= 0.3 is 7.12 Å². The summed E-state index contributed by atoms with van der Waals surface area (Å²) in [4.78, 5) is 7.59. The van der Waals surface area contributed by atoms with Crippen LogP contribution in [0.1, 0.15) is 27.7 Å². The smallest absolute Gasteiger partial charge is 0.399 e. The largest absolute Gasteiger partial charge is 0.498 e. The van der Waals surface area contributed by atoms with E-state index < -0.39 is 0 Å². The molecular formula is C13H17BN2O2. The third-order valence-electron chi connectivity index (χ3n) is 3.97. The Kier molecular flexibility index (Phi) is 2.34. The molecule has 18 heavy (non-hydrogen) atoms. The van der Waals surface area contributed by atoms with E-state index in [1.807, 2.05) is 18.3 Å². The Morgan fingerprint density at radius 1 is 1.17 bits per heavy atom. The molecule has 1 N–H and O–H groups in total. The molecule has 3 rings (SSSR count). The molecule has 0 aliphatic carbocycles. The van der Waals surface area contributed by atoms with Gasteiger partial charge in [0.1, 0.15) is 0 Å². The first-order valence-corrected chi connectivity index (χ1v) is 6.18. The topological polar surface area (TPSA) is 47.1 Å². The van der Waals surface area contributed by atoms with Crippen molar-refractivity contribution < 1.29 is 9.31 Å². The molecular weight excluding hydrogens is 227 g/mol. The van der Waals surface area contributed by atoms with E-state index in [4.69, 9.17) is 9.31 Å². The number of H-pyrrole nitrogens is 1. The number of hydrogen-bond donors (Lipinski definition) is 1. The molecule has 0 amide bonds. The average Bonchev–Trinajstić information content (AvgIpc) is 2.78. The Labute approximate surface area is 107 Å². The Bertz CT molecular complexity index is 575. The van der Waals surface area contributed by atoms with Gasteiger partial charge in [-0.1, -0.05) is 0 Å². The van der Waals surface area contributed by atoms with Crippen LogP contribution in [-0.2, 0) is 9.31 Å². The Morgan fingerprint density at radius 2 is 1.83 bits per heavy atom. The Balaban J connectivity index is 2.03. The Hall–Kier alpha value is -1.33. The first-order valence-electron chi connectivity index (χ1n) is 6.18. The minimum Gasteiger partial charge on any atom is -0.399 e. The summed E-state index contributed by atoms with van der Waals surface area (Å²) in [7, 11) is -0.362. The zero-order chi connectivity index (χ0) is 13.0. The monoisotopic (exact) mass is 244 g/mol. The summed E-state index contributed by atoms with van der Waals surface area (Å²) >= 11 is 0. The van der Waals surface area contributed by atoms with Crippen LogP contribution in [0.15, 0.2) is 24.5 Å². The molecule has 1 saturated heterocycles. The van der Waals surface area contributed by atoms with E-state index in [-0.39, 0.29) is 18.3 Å². The van der Waals surface area contributed by atoms with Gasteiger partial charge in [-0.05, 0) is 39.8 Å². The fourth-order valence-corrected chi connectivity index (χ4v) is 2.13. The van der Waals surface area contributed by atoms with Gasteiger partial charge in [0.2, 0.25) is 0 Å². The summed E-state index contributed by atoms with van der Waals surface area (Å²) < 4.78 is 12.1. The van der Waals surface area contributed by atoms with Crippen LogP contribution in [0.3, 0.4) is 0 Å². The van der Waals surface area contributed by atoms with Crippen molar-refractivity contribution in [1.82, 2.24) is 9.97 Å². The van der Waals surface area contributed by atoms with Gasteiger partial charge in [0.15, 0.2) is 0 Å². The third-order valence-corrected chi connectivity index (χ3v) is 3.97. The van der Waals surface area contributed by atoms with E-state index >= 15 is 0 Å². The normalized spacial score (nSPS) is 21.7. The fraction of sp³-hybridized carbons (Fsp3) is 0.462. The van der Waals surface area contributed by atoms with Crippen molar-refractivity contribution in [3.8, 4) is 0 Å². The summed E-state index contributed by atoms with van der Waals surface area (Å²) in [5.41, 5.74) is 2.23. The van der Waals surface area contributed by atoms with Gasteiger partial charge in [0.25, 0.3) is 0 Å². The second kappa shape index (κ2) is 3.59. The summed E-state index contributed by atoms with van der Waals surface area (Å²) in [5.74, 6) is 0. The number of nitrogens with zero attached hydrogens (tertiary/aromatic N) is 1. The SMILES string of the molecule is CC1(C)OB(c2c[nH]c3cccnc23)OC1(C)C. The Morgan fingerprint density at radius 3 is 2.50 bits per heavy atom. The lowest BCUT2D eigenvalue weighted by Crippen LogP contribution is -2.41. The minimum atomic E-state index is -0.362. The molecule has 5 heteroatoms. The molecule has 0 aromatic carbocycles. The third kappa shape index (κ3) is 1.58. The van der Waals surface area contributed by atoms with Crippen LogP contribution in [0.25, 0.3) is 11.0 Å². The summed E-state index contributed by atoms with van der Waals surface area (Å²) in [5, 5.41) is 0. The number of rotatable bonds is 1. The minimum absolute atomic E-state index is 0.323. The second-order valence-electron chi connectivity index (χ2n) is 5.73. The number of aromatic nitrogens is 2. The number of nitrogens with one attached hydrogen (secondary N) is 1. The molecule has 1 aliphatic rings. The first kappa shape index (κ1) is 11.7. The molecule has 0 atom stereocenters. The number of fused-ring (bicyclic) bond motifs is 1. The van der Waals surface area contributed by atoms with Gasteiger partial charge in [0.05, 0.1) is 22.2 Å². The van der Waals surface area contributed by atoms with Crippen molar-refractivity contribution in [2.45, 2.75) is 38.9 Å². The summed E-state index contributed by atoms with van der Waals surface area (Å²) in [6, 6.07) is 3.91. The quantitative estimate of drug-likeness (QED) is 0.779. The van der Waals surface area contributed by atoms with Gasteiger partial charge in [-0.2, -0.15) is 0 Å². The fourth-order valence-electron chi connectivity index (χ4n) is 2.13. The van der Waals surface area contributed by atoms with E-state index in [2.05, 4.69) is 37.7 Å². The van der Waals surface area contributed by atoms with Gasteiger partial charge in [-0.15, -0.1) is 0 Å². The van der Waals surface area contributed by atoms with Gasteiger partial charge in [0, 0.05) is 17.9 Å². The number of pyridine rings is 1. The van der Waals surface area contributed by atoms with Crippen LogP contribution in [0.4, 0.5) is 0 Å². The standard InChI is InChI=1S/C13H17BN2O2/c1-12(2)13(3,4)18-14(17-12)9-8-16-10-6-5-7-15-11(9)10/h5-8,16H,1-4H3. The first-order chi connectivity index (χ1) is 8.41. The zero-order valence-electron chi connectivity index (χ0n) is 11.2. The predicted molar refractivity (Wildman–Crippen MR) is 71.8 cm³/mol. The molecule has 0 unspecified atom stereocenters. The van der Waals surface area contributed by atoms with Crippen molar-refractivity contribution in [2.24, 2.45) is 0 Å². The lowest BCUT2D eigenvalue weighted by atomic mass is 9.80. The molecule has 3 heterocycles. The molecule has 1 fully saturated rings. The van der Waals surface area contributed by atoms with Crippen LogP contribution >= 0.6 is 0 Å². The van der Waals surface area contributed by atoms with E-state index in [0.29, 0.717) is 0 Å². The maximum Gasteiger partial charge on any atom is 0.498 e. The lowest BCUT2D eigenvalue weighted by Gasteiger charge is -2.32. The van der Waals surface area contributed by atoms with Crippen LogP contribution in [0.5, 0.6) is 0 Å². The highest BCUT2D eigenvalue weighted by Gasteiger charge is 2.52. The predicted octanol–water partition coefficient (Wildman–Crippen LogP) is 1.86. The lowest BCUT2D eigenvalue weighted by molar-refractivity contribution is 0.00578. The van der Waals surface area contributed by atoms with Crippen molar-refractivity contribution in [1.29, 1.82) is 0 Å². The highest BCUT2D eigenvalue weighted by Crippen LogP contribution is 2.36. The summed E-state index contributed by atoms with van der Waals surface area (Å²) in [6.07, 6.45) is 3.70. The van der Waals surface area contributed by atoms with Crippen LogP contribution < -0.4 is 5.46 Å². The molecule has 4 nitrogen and oxygen atoms in total. The van der Waals surface area contributed by atoms with Gasteiger partial charge in [-0.25, -0.2) is 0 Å². The van der Waals surface area contributed by atoms with Crippen LogP contribution in [-0.4, -0.2) is 28.3 Å². The maximum absolute atomic E-state index is 6.03. The van der Waals surface area contributed by atoms with E-state index in [1.54, 1.807) is 6.20 Å². The highest BCUT2D eigenvalue weighted by molar-refractivity contribution is 6.65. The van der Waals surface area contributed by atoms with Gasteiger partial charge < -0.3 is 14.3 Å². The zero-order valence-corrected chi connectivity index (χ0v) is 11.2. The molecule has 0 radical (unpaired) electrons. The van der Waals surface area contributed by atoms with E-state index in [9.17, 15) is 0 Å². The van der Waals surface area contributed by atoms with Crippen molar-refractivity contribution in [2.75, 3.05) is 0 Å². The van der Waals surface area contributed by atoms with Gasteiger partial charge in [-0.3, -0.25) is 4.98 Å². The molecule has 2 aromatic heterocycles. The number of hydrogen-bond acceptors (Lipinski definition) is 3. The van der Waals surface area contributed by atoms with Crippen molar-refractivity contribution >= 4 is 23.6 Å². The van der Waals surface area contributed by atoms with Crippen molar-refractivity contribution in [3.63, 3.8) is 0 Å². The second-order valence-corrected chi connectivity index (χ2v) is 5.73. The van der Waals surface area contributed by atoms with Crippen molar-refractivity contribution in [3.05, 3.63) is 24.5 Å². The highest BCUT2D eigenvalue weighted by atomic mass is 16.7. The molecule has 2 aromatic rings. The average molecular weight is 244 g/mol. The molecule has 0 saturated carbocycles. The molecule has 0 spiro atoms. The van der Waals surface area contributed by atoms with Crippen LogP contribution in [0.2, 0.25) is 0 Å². The van der Waals surface area contributed by atoms with E-state index in [0.717, 1.165) is 16.5 Å². The summed E-state index contributed by atoms with van der Waals surface area (Å²) in [6.45, 7) is 8.20. The maximum atomic E-state index is 6.03. The molecule has 0 bridgehead atoms. The molecule has 1 aliphatic heterocycles.